The van der Waals surface area contributed by atoms with Crippen LogP contribution in [-0.2, 0) is 11.2 Å². The van der Waals surface area contributed by atoms with Gasteiger partial charge in [-0.25, -0.2) is 0 Å². The summed E-state index contributed by atoms with van der Waals surface area (Å²) in [7, 11) is 1.59. The molecule has 3 N–H and O–H groups in total. The molecule has 0 fully saturated rings. The van der Waals surface area contributed by atoms with E-state index in [0.29, 0.717) is 18.5 Å². The smallest absolute Gasteiger partial charge is 0.251 e. The number of carbonyl (C=O) groups is 2. The highest BCUT2D eigenvalue weighted by Crippen LogP contribution is 2.25. The second-order valence-electron chi connectivity index (χ2n) is 4.54. The Morgan fingerprint density at radius 1 is 1.37 bits per heavy atom. The van der Waals surface area contributed by atoms with Gasteiger partial charge in [0.25, 0.3) is 5.91 Å². The van der Waals surface area contributed by atoms with E-state index >= 15 is 0 Å². The number of amides is 2. The fourth-order valence-electron chi connectivity index (χ4n) is 2.23. The number of anilines is 1. The Bertz CT molecular complexity index is 486. The van der Waals surface area contributed by atoms with Gasteiger partial charge in [-0.1, -0.05) is 6.07 Å². The largest absolute Gasteiger partial charge is 0.385 e. The van der Waals surface area contributed by atoms with Crippen LogP contribution in [0.2, 0.25) is 0 Å². The molecule has 0 atom stereocenters. The van der Waals surface area contributed by atoms with Crippen molar-refractivity contribution in [2.24, 2.45) is 0 Å². The molecular formula is C14H19N3O2. The Labute approximate surface area is 112 Å². The number of nitrogens with one attached hydrogen (secondary N) is 3. The van der Waals surface area contributed by atoms with Crippen LogP contribution in [-0.4, -0.2) is 32.0 Å². The van der Waals surface area contributed by atoms with Crippen LogP contribution in [0.1, 0.15) is 28.8 Å². The predicted molar refractivity (Wildman–Crippen MR) is 74.3 cm³/mol. The SMILES string of the molecule is CNC(=O)CCNC(=O)c1cccc2c1CCCN2. The molecule has 0 radical (unpaired) electrons. The van der Waals surface area contributed by atoms with Crippen LogP contribution < -0.4 is 16.0 Å². The maximum Gasteiger partial charge on any atom is 0.251 e. The molecule has 19 heavy (non-hydrogen) atoms. The summed E-state index contributed by atoms with van der Waals surface area (Å²) in [6.45, 7) is 1.31. The Kier molecular flexibility index (Phi) is 4.39. The molecule has 0 saturated carbocycles. The fourth-order valence-corrected chi connectivity index (χ4v) is 2.23. The second-order valence-corrected chi connectivity index (χ2v) is 4.54. The van der Waals surface area contributed by atoms with E-state index in [1.807, 2.05) is 18.2 Å². The zero-order valence-electron chi connectivity index (χ0n) is 11.1. The van der Waals surface area contributed by atoms with Gasteiger partial charge in [-0.15, -0.1) is 0 Å². The average Bonchev–Trinajstić information content (AvgIpc) is 2.46. The van der Waals surface area contributed by atoms with Crippen molar-refractivity contribution in [2.45, 2.75) is 19.3 Å². The number of carbonyl (C=O) groups excluding carboxylic acids is 2. The van der Waals surface area contributed by atoms with Gasteiger partial charge in [-0.3, -0.25) is 9.59 Å². The Balaban J connectivity index is 2.01. The number of rotatable bonds is 4. The Hall–Kier alpha value is -2.04. The van der Waals surface area contributed by atoms with Crippen LogP contribution in [0.15, 0.2) is 18.2 Å². The summed E-state index contributed by atoms with van der Waals surface area (Å²) in [5.74, 6) is -0.179. The molecular weight excluding hydrogens is 242 g/mol. The number of hydrogen-bond donors (Lipinski definition) is 3. The molecule has 1 aromatic rings. The topological polar surface area (TPSA) is 70.2 Å². The van der Waals surface area contributed by atoms with Gasteiger partial charge in [-0.05, 0) is 30.5 Å². The fraction of sp³-hybridized carbons (Fsp3) is 0.429. The molecule has 0 bridgehead atoms. The minimum Gasteiger partial charge on any atom is -0.385 e. The summed E-state index contributed by atoms with van der Waals surface area (Å²) in [6.07, 6.45) is 2.26. The predicted octanol–water partition coefficient (Wildman–Crippen LogP) is 0.911. The molecule has 102 valence electrons. The molecule has 2 amide bonds. The van der Waals surface area contributed by atoms with Crippen molar-refractivity contribution in [3.05, 3.63) is 29.3 Å². The first-order valence-corrected chi connectivity index (χ1v) is 6.57. The molecule has 0 aliphatic carbocycles. The standard InChI is InChI=1S/C14H19N3O2/c1-15-13(18)7-9-17-14(19)11-4-2-6-12-10(11)5-3-8-16-12/h2,4,6,16H,3,5,7-9H2,1H3,(H,15,18)(H,17,19). The van der Waals surface area contributed by atoms with E-state index in [0.717, 1.165) is 30.6 Å². The van der Waals surface area contributed by atoms with Crippen molar-refractivity contribution in [3.8, 4) is 0 Å². The zero-order chi connectivity index (χ0) is 13.7. The third-order valence-corrected chi connectivity index (χ3v) is 3.26. The normalized spacial score (nSPS) is 13.1. The highest BCUT2D eigenvalue weighted by Gasteiger charge is 2.16. The summed E-state index contributed by atoms with van der Waals surface area (Å²) in [4.78, 5) is 23.2. The minimum absolute atomic E-state index is 0.0722. The molecule has 2 rings (SSSR count). The van der Waals surface area contributed by atoms with E-state index in [1.54, 1.807) is 7.05 Å². The van der Waals surface area contributed by atoms with Gasteiger partial charge < -0.3 is 16.0 Å². The van der Waals surface area contributed by atoms with Crippen LogP contribution in [0.25, 0.3) is 0 Å². The van der Waals surface area contributed by atoms with Crippen LogP contribution in [0, 0.1) is 0 Å². The first-order chi connectivity index (χ1) is 9.22. The van der Waals surface area contributed by atoms with Gasteiger partial charge in [0, 0.05) is 37.8 Å². The van der Waals surface area contributed by atoms with Crippen LogP contribution >= 0.6 is 0 Å². The van der Waals surface area contributed by atoms with Gasteiger partial charge >= 0.3 is 0 Å². The number of benzene rings is 1. The second kappa shape index (κ2) is 6.22. The number of fused-ring (bicyclic) bond motifs is 1. The van der Waals surface area contributed by atoms with E-state index in [9.17, 15) is 9.59 Å². The van der Waals surface area contributed by atoms with Crippen LogP contribution in [0.4, 0.5) is 5.69 Å². The van der Waals surface area contributed by atoms with E-state index in [-0.39, 0.29) is 11.8 Å². The zero-order valence-corrected chi connectivity index (χ0v) is 11.1. The quantitative estimate of drug-likeness (QED) is 0.754. The van der Waals surface area contributed by atoms with E-state index in [1.165, 1.54) is 0 Å². The molecule has 0 saturated heterocycles. The summed E-state index contributed by atoms with van der Waals surface area (Å²) in [6, 6.07) is 5.71. The van der Waals surface area contributed by atoms with Gasteiger partial charge in [0.15, 0.2) is 0 Å². The highest BCUT2D eigenvalue weighted by molar-refractivity contribution is 5.97. The van der Waals surface area contributed by atoms with Crippen molar-refractivity contribution in [1.82, 2.24) is 10.6 Å². The van der Waals surface area contributed by atoms with Crippen LogP contribution in [0.5, 0.6) is 0 Å². The van der Waals surface area contributed by atoms with Gasteiger partial charge in [0.05, 0.1) is 0 Å². The maximum absolute atomic E-state index is 12.1. The lowest BCUT2D eigenvalue weighted by atomic mass is 9.97. The van der Waals surface area contributed by atoms with Gasteiger partial charge in [-0.2, -0.15) is 0 Å². The van der Waals surface area contributed by atoms with Crippen LogP contribution in [0.3, 0.4) is 0 Å². The molecule has 5 heteroatoms. The summed E-state index contributed by atoms with van der Waals surface area (Å²) >= 11 is 0. The number of hydrogen-bond acceptors (Lipinski definition) is 3. The van der Waals surface area contributed by atoms with Gasteiger partial charge in [0.2, 0.25) is 5.91 Å². The maximum atomic E-state index is 12.1. The summed E-state index contributed by atoms with van der Waals surface area (Å²) in [5, 5.41) is 8.61. The summed E-state index contributed by atoms with van der Waals surface area (Å²) in [5.41, 5.74) is 2.83. The third kappa shape index (κ3) is 3.24. The lowest BCUT2D eigenvalue weighted by Crippen LogP contribution is -2.30. The van der Waals surface area contributed by atoms with E-state index in [2.05, 4.69) is 16.0 Å². The Morgan fingerprint density at radius 3 is 3.00 bits per heavy atom. The molecule has 0 spiro atoms. The summed E-state index contributed by atoms with van der Waals surface area (Å²) < 4.78 is 0. The third-order valence-electron chi connectivity index (χ3n) is 3.26. The van der Waals surface area contributed by atoms with Crippen molar-refractivity contribution >= 4 is 17.5 Å². The molecule has 0 unspecified atom stereocenters. The lowest BCUT2D eigenvalue weighted by molar-refractivity contribution is -0.120. The Morgan fingerprint density at radius 2 is 2.21 bits per heavy atom. The van der Waals surface area contributed by atoms with Crippen molar-refractivity contribution < 1.29 is 9.59 Å². The van der Waals surface area contributed by atoms with Gasteiger partial charge in [0.1, 0.15) is 0 Å². The molecule has 1 aliphatic heterocycles. The van der Waals surface area contributed by atoms with Crippen molar-refractivity contribution in [3.63, 3.8) is 0 Å². The first kappa shape index (κ1) is 13.4. The monoisotopic (exact) mass is 261 g/mol. The molecule has 1 heterocycles. The molecule has 0 aromatic heterocycles. The minimum atomic E-state index is -0.107. The molecule has 1 aromatic carbocycles. The first-order valence-electron chi connectivity index (χ1n) is 6.57. The van der Waals surface area contributed by atoms with E-state index < -0.39 is 0 Å². The van der Waals surface area contributed by atoms with Crippen molar-refractivity contribution in [2.75, 3.05) is 25.5 Å². The lowest BCUT2D eigenvalue weighted by Gasteiger charge is -2.20. The highest BCUT2D eigenvalue weighted by atomic mass is 16.2. The molecule has 5 nitrogen and oxygen atoms in total. The molecule has 1 aliphatic rings. The van der Waals surface area contributed by atoms with Crippen molar-refractivity contribution in [1.29, 1.82) is 0 Å². The average molecular weight is 261 g/mol. The van der Waals surface area contributed by atoms with E-state index in [4.69, 9.17) is 0 Å².